The molecule has 1 aliphatic rings. The molecule has 2 aromatic heterocycles. The number of piperidine rings is 1. The van der Waals surface area contributed by atoms with Crippen LogP contribution in [0.5, 0.6) is 5.88 Å². The van der Waals surface area contributed by atoms with Gasteiger partial charge in [-0.25, -0.2) is 4.98 Å². The summed E-state index contributed by atoms with van der Waals surface area (Å²) in [5, 5.41) is 15.2. The minimum absolute atomic E-state index is 0.0156. The van der Waals surface area contributed by atoms with Gasteiger partial charge in [-0.15, -0.1) is 5.10 Å². The summed E-state index contributed by atoms with van der Waals surface area (Å²) in [5.41, 5.74) is 1.14. The number of fused-ring (bicyclic) bond motifs is 1. The van der Waals surface area contributed by atoms with Crippen molar-refractivity contribution in [3.05, 3.63) is 46.6 Å². The van der Waals surface area contributed by atoms with E-state index >= 15 is 0 Å². The maximum Gasteiger partial charge on any atom is 0.309 e. The molecule has 148 valence electrons. The highest BCUT2D eigenvalue weighted by molar-refractivity contribution is 7.17. The lowest BCUT2D eigenvalue weighted by Gasteiger charge is -2.33. The molecule has 0 amide bonds. The van der Waals surface area contributed by atoms with E-state index < -0.39 is 0 Å². The van der Waals surface area contributed by atoms with Crippen LogP contribution in [0.15, 0.2) is 30.3 Å². The van der Waals surface area contributed by atoms with Gasteiger partial charge in [-0.05, 0) is 13.8 Å². The third-order valence-electron chi connectivity index (χ3n) is 5.36. The van der Waals surface area contributed by atoms with Crippen molar-refractivity contribution < 1.29 is 19.5 Å². The standard InChI is InChI=1S/C20H24N4O3S/c1-3-27-19(26)15-9-11-23(12-10-15)16(14-7-5-4-6-8-14)17-18(25)24-20(28-17)21-13(2)22-24/h4-8,15-16,25H,3,9-12H2,1-2H3/p+1/t16-/m1/s1. The molecule has 0 bridgehead atoms. The number of rotatable bonds is 5. The van der Waals surface area contributed by atoms with Crippen LogP contribution >= 0.6 is 11.3 Å². The second-order valence-electron chi connectivity index (χ2n) is 7.17. The van der Waals surface area contributed by atoms with Crippen molar-refractivity contribution in [1.82, 2.24) is 14.6 Å². The summed E-state index contributed by atoms with van der Waals surface area (Å²) in [6.45, 7) is 5.77. The molecule has 7 nitrogen and oxygen atoms in total. The molecular formula is C20H25N4O3S+. The Balaban J connectivity index is 1.65. The van der Waals surface area contributed by atoms with Crippen LogP contribution in [0.2, 0.25) is 0 Å². The summed E-state index contributed by atoms with van der Waals surface area (Å²) < 4.78 is 6.72. The molecule has 0 spiro atoms. The molecule has 3 heterocycles. The summed E-state index contributed by atoms with van der Waals surface area (Å²) in [6.07, 6.45) is 1.58. The molecule has 0 radical (unpaired) electrons. The first-order valence-electron chi connectivity index (χ1n) is 9.69. The number of nitrogens with zero attached hydrogens (tertiary/aromatic N) is 3. The number of aromatic nitrogens is 3. The summed E-state index contributed by atoms with van der Waals surface area (Å²) in [6, 6.07) is 10.2. The van der Waals surface area contributed by atoms with Crippen LogP contribution in [0.1, 0.15) is 42.1 Å². The lowest BCUT2D eigenvalue weighted by molar-refractivity contribution is -0.930. The van der Waals surface area contributed by atoms with Gasteiger partial charge >= 0.3 is 5.97 Å². The Morgan fingerprint density at radius 2 is 2.07 bits per heavy atom. The third-order valence-corrected chi connectivity index (χ3v) is 6.44. The van der Waals surface area contributed by atoms with Crippen LogP contribution in [0, 0.1) is 12.8 Å². The van der Waals surface area contributed by atoms with Gasteiger partial charge in [0.25, 0.3) is 0 Å². The number of esters is 1. The number of likely N-dealkylation sites (tertiary alicyclic amines) is 1. The highest BCUT2D eigenvalue weighted by atomic mass is 32.1. The van der Waals surface area contributed by atoms with E-state index in [1.807, 2.05) is 32.0 Å². The Labute approximate surface area is 167 Å². The number of nitrogens with one attached hydrogen (secondary N) is 1. The zero-order valence-electron chi connectivity index (χ0n) is 16.1. The summed E-state index contributed by atoms with van der Waals surface area (Å²) in [4.78, 5) is 19.4. The van der Waals surface area contributed by atoms with Crippen LogP contribution in [0.3, 0.4) is 0 Å². The minimum atomic E-state index is -0.0880. The highest BCUT2D eigenvalue weighted by Gasteiger charge is 2.37. The number of aromatic hydroxyl groups is 1. The van der Waals surface area contributed by atoms with E-state index in [1.165, 1.54) is 20.8 Å². The molecule has 28 heavy (non-hydrogen) atoms. The average Bonchev–Trinajstić information content (AvgIpc) is 3.21. The van der Waals surface area contributed by atoms with Crippen molar-refractivity contribution in [2.75, 3.05) is 19.7 Å². The fraction of sp³-hybridized carbons (Fsp3) is 0.450. The molecule has 0 saturated carbocycles. The fourth-order valence-electron chi connectivity index (χ4n) is 4.03. The van der Waals surface area contributed by atoms with Crippen molar-refractivity contribution in [3.63, 3.8) is 0 Å². The Morgan fingerprint density at radius 3 is 2.71 bits per heavy atom. The first kappa shape index (κ1) is 18.9. The molecule has 1 saturated heterocycles. The molecule has 8 heteroatoms. The molecular weight excluding hydrogens is 376 g/mol. The van der Waals surface area contributed by atoms with E-state index in [-0.39, 0.29) is 23.8 Å². The van der Waals surface area contributed by atoms with Crippen molar-refractivity contribution in [2.45, 2.75) is 32.7 Å². The van der Waals surface area contributed by atoms with Crippen molar-refractivity contribution in [3.8, 4) is 5.88 Å². The maximum atomic E-state index is 12.1. The number of hydrogen-bond acceptors (Lipinski definition) is 6. The van der Waals surface area contributed by atoms with Crippen LogP contribution in [0.4, 0.5) is 0 Å². The number of ether oxygens (including phenoxy) is 1. The summed E-state index contributed by atoms with van der Waals surface area (Å²) in [5.74, 6) is 0.690. The second kappa shape index (κ2) is 7.89. The lowest BCUT2D eigenvalue weighted by Crippen LogP contribution is -3.13. The Bertz CT molecular complexity index is 961. The van der Waals surface area contributed by atoms with E-state index in [0.29, 0.717) is 17.4 Å². The first-order valence-corrected chi connectivity index (χ1v) is 10.5. The van der Waals surface area contributed by atoms with Gasteiger partial charge in [0.1, 0.15) is 10.7 Å². The zero-order valence-corrected chi connectivity index (χ0v) is 16.9. The number of thiazole rings is 1. The van der Waals surface area contributed by atoms with Crippen LogP contribution in [-0.4, -0.2) is 45.4 Å². The van der Waals surface area contributed by atoms with E-state index in [0.717, 1.165) is 36.4 Å². The van der Waals surface area contributed by atoms with Crippen molar-refractivity contribution in [2.24, 2.45) is 5.92 Å². The van der Waals surface area contributed by atoms with Crippen LogP contribution < -0.4 is 4.90 Å². The normalized spacial score (nSPS) is 20.9. The fourth-order valence-corrected chi connectivity index (χ4v) is 5.21. The quantitative estimate of drug-likeness (QED) is 0.637. The van der Waals surface area contributed by atoms with Gasteiger partial charge < -0.3 is 14.7 Å². The molecule has 0 unspecified atom stereocenters. The monoisotopic (exact) mass is 401 g/mol. The van der Waals surface area contributed by atoms with Gasteiger partial charge in [0.05, 0.1) is 25.6 Å². The molecule has 2 N–H and O–H groups in total. The Hall–Kier alpha value is -2.45. The van der Waals surface area contributed by atoms with E-state index in [9.17, 15) is 9.90 Å². The second-order valence-corrected chi connectivity index (χ2v) is 8.18. The molecule has 1 aliphatic heterocycles. The molecule has 1 atom stereocenters. The van der Waals surface area contributed by atoms with E-state index in [1.54, 1.807) is 0 Å². The van der Waals surface area contributed by atoms with Gasteiger partial charge in [0, 0.05) is 18.4 Å². The smallest absolute Gasteiger partial charge is 0.309 e. The Morgan fingerprint density at radius 1 is 1.36 bits per heavy atom. The highest BCUT2D eigenvalue weighted by Crippen LogP contribution is 2.35. The molecule has 0 aliphatic carbocycles. The largest absolute Gasteiger partial charge is 0.492 e. The number of carbonyl (C=O) groups excluding carboxylic acids is 1. The molecule has 1 fully saturated rings. The third kappa shape index (κ3) is 3.49. The number of carbonyl (C=O) groups is 1. The first-order chi connectivity index (χ1) is 13.6. The van der Waals surface area contributed by atoms with Crippen molar-refractivity contribution >= 4 is 22.3 Å². The summed E-state index contributed by atoms with van der Waals surface area (Å²) >= 11 is 1.48. The average molecular weight is 402 g/mol. The van der Waals surface area contributed by atoms with Gasteiger partial charge in [0.2, 0.25) is 10.8 Å². The van der Waals surface area contributed by atoms with E-state index in [2.05, 4.69) is 22.2 Å². The Kier molecular flexibility index (Phi) is 5.32. The molecule has 3 aromatic rings. The number of benzene rings is 1. The lowest BCUT2D eigenvalue weighted by atomic mass is 9.94. The summed E-state index contributed by atoms with van der Waals surface area (Å²) in [7, 11) is 0. The van der Waals surface area contributed by atoms with Gasteiger partial charge in [-0.2, -0.15) is 4.52 Å². The molecule has 1 aromatic carbocycles. The van der Waals surface area contributed by atoms with Gasteiger partial charge in [0.15, 0.2) is 6.04 Å². The van der Waals surface area contributed by atoms with Crippen LogP contribution in [-0.2, 0) is 9.53 Å². The van der Waals surface area contributed by atoms with Crippen LogP contribution in [0.25, 0.3) is 4.96 Å². The van der Waals surface area contributed by atoms with Gasteiger partial charge in [-0.1, -0.05) is 41.7 Å². The van der Waals surface area contributed by atoms with E-state index in [4.69, 9.17) is 4.74 Å². The SMILES string of the molecule is CCOC(=O)C1CC[NH+]([C@H](c2ccccc2)c2sc3nc(C)nn3c2O)CC1. The zero-order chi connectivity index (χ0) is 19.7. The minimum Gasteiger partial charge on any atom is -0.492 e. The van der Waals surface area contributed by atoms with Crippen molar-refractivity contribution in [1.29, 1.82) is 0 Å². The number of aryl methyl sites for hydroxylation is 1. The molecule has 4 rings (SSSR count). The number of hydrogen-bond donors (Lipinski definition) is 2. The topological polar surface area (TPSA) is 81.2 Å². The predicted octanol–water partition coefficient (Wildman–Crippen LogP) is 1.75. The number of quaternary nitrogens is 1. The predicted molar refractivity (Wildman–Crippen MR) is 106 cm³/mol. The maximum absolute atomic E-state index is 12.1. The van der Waals surface area contributed by atoms with Gasteiger partial charge in [-0.3, -0.25) is 4.79 Å².